The number of amides is 3. The first kappa shape index (κ1) is 20.3. The lowest BCUT2D eigenvalue weighted by Gasteiger charge is -2.37. The van der Waals surface area contributed by atoms with Crippen LogP contribution in [0.25, 0.3) is 0 Å². The van der Waals surface area contributed by atoms with Crippen molar-refractivity contribution in [1.29, 1.82) is 0 Å². The molecule has 9 heteroatoms. The fourth-order valence-electron chi connectivity index (χ4n) is 4.26. The number of halogens is 1. The number of carbonyl (C=O) groups excluding carboxylic acids is 2. The van der Waals surface area contributed by atoms with Gasteiger partial charge < -0.3 is 19.3 Å². The molecule has 2 aromatic rings. The number of nitrogens with zero attached hydrogens (tertiary/aromatic N) is 6. The summed E-state index contributed by atoms with van der Waals surface area (Å²) in [5.74, 6) is 1.13. The average molecular weight is 414 g/mol. The van der Waals surface area contributed by atoms with Crippen LogP contribution in [0.3, 0.4) is 0 Å². The van der Waals surface area contributed by atoms with Crippen LogP contribution >= 0.6 is 0 Å². The summed E-state index contributed by atoms with van der Waals surface area (Å²) >= 11 is 0. The fraction of sp³-hybridized carbons (Fsp3) is 0.524. The van der Waals surface area contributed by atoms with Crippen LogP contribution in [-0.4, -0.2) is 68.6 Å². The highest BCUT2D eigenvalue weighted by Crippen LogP contribution is 2.31. The molecule has 1 saturated heterocycles. The summed E-state index contributed by atoms with van der Waals surface area (Å²) in [5.41, 5.74) is 0.660. The minimum atomic E-state index is -0.340. The number of urea groups is 1. The van der Waals surface area contributed by atoms with E-state index in [2.05, 4.69) is 14.8 Å². The van der Waals surface area contributed by atoms with Gasteiger partial charge in [0.2, 0.25) is 5.91 Å². The maximum Gasteiger partial charge on any atom is 0.320 e. The predicted molar refractivity (Wildman–Crippen MR) is 108 cm³/mol. The van der Waals surface area contributed by atoms with Gasteiger partial charge in [-0.2, -0.15) is 0 Å². The Morgan fingerprint density at radius 3 is 2.77 bits per heavy atom. The van der Waals surface area contributed by atoms with Crippen LogP contribution < -0.4 is 0 Å². The second-order valence-corrected chi connectivity index (χ2v) is 8.13. The number of aromatic nitrogens is 3. The van der Waals surface area contributed by atoms with Crippen LogP contribution in [0.2, 0.25) is 0 Å². The second kappa shape index (κ2) is 8.41. The highest BCUT2D eigenvalue weighted by Gasteiger charge is 2.34. The molecule has 3 heterocycles. The Labute approximate surface area is 175 Å². The van der Waals surface area contributed by atoms with Gasteiger partial charge in [0, 0.05) is 33.7 Å². The first-order valence-electron chi connectivity index (χ1n) is 10.4. The van der Waals surface area contributed by atoms with Gasteiger partial charge in [0.25, 0.3) is 0 Å². The summed E-state index contributed by atoms with van der Waals surface area (Å²) in [7, 11) is 3.52. The third-order valence-corrected chi connectivity index (χ3v) is 5.81. The molecule has 0 spiro atoms. The molecule has 1 atom stereocenters. The van der Waals surface area contributed by atoms with Gasteiger partial charge in [0.05, 0.1) is 19.0 Å². The van der Waals surface area contributed by atoms with Gasteiger partial charge in [-0.3, -0.25) is 4.79 Å². The molecule has 30 heavy (non-hydrogen) atoms. The topological polar surface area (TPSA) is 74.6 Å². The van der Waals surface area contributed by atoms with Crippen molar-refractivity contribution in [3.63, 3.8) is 0 Å². The van der Waals surface area contributed by atoms with Gasteiger partial charge in [-0.1, -0.05) is 12.1 Å². The summed E-state index contributed by atoms with van der Waals surface area (Å²) < 4.78 is 15.5. The quantitative estimate of drug-likeness (QED) is 0.772. The fourth-order valence-corrected chi connectivity index (χ4v) is 4.26. The molecule has 1 aromatic carbocycles. The molecule has 0 aliphatic carbocycles. The maximum atomic E-state index is 13.4. The molecule has 160 valence electrons. The monoisotopic (exact) mass is 414 g/mol. The van der Waals surface area contributed by atoms with Crippen LogP contribution in [0.1, 0.15) is 42.5 Å². The molecule has 3 amide bonds. The van der Waals surface area contributed by atoms with Crippen LogP contribution in [-0.2, 0) is 24.3 Å². The van der Waals surface area contributed by atoms with Gasteiger partial charge in [0.15, 0.2) is 11.6 Å². The molecular formula is C21H27FN6O2. The molecule has 4 rings (SSSR count). The van der Waals surface area contributed by atoms with Crippen molar-refractivity contribution in [2.45, 2.75) is 44.8 Å². The van der Waals surface area contributed by atoms with Crippen molar-refractivity contribution in [1.82, 2.24) is 29.5 Å². The van der Waals surface area contributed by atoms with E-state index in [1.807, 2.05) is 4.90 Å². The molecule has 1 aromatic heterocycles. The van der Waals surface area contributed by atoms with Gasteiger partial charge in [-0.05, 0) is 37.0 Å². The van der Waals surface area contributed by atoms with Gasteiger partial charge in [-0.25, -0.2) is 9.18 Å². The van der Waals surface area contributed by atoms with Crippen molar-refractivity contribution >= 4 is 11.9 Å². The third kappa shape index (κ3) is 4.01. The number of benzene rings is 1. The third-order valence-electron chi connectivity index (χ3n) is 5.81. The summed E-state index contributed by atoms with van der Waals surface area (Å²) in [5, 5.41) is 8.75. The lowest BCUT2D eigenvalue weighted by Crippen LogP contribution is -2.45. The Morgan fingerprint density at radius 1 is 1.17 bits per heavy atom. The minimum Gasteiger partial charge on any atom is -0.333 e. The van der Waals surface area contributed by atoms with E-state index in [4.69, 9.17) is 0 Å². The van der Waals surface area contributed by atoms with E-state index in [0.29, 0.717) is 31.7 Å². The van der Waals surface area contributed by atoms with Crippen LogP contribution in [0.4, 0.5) is 9.18 Å². The highest BCUT2D eigenvalue weighted by molar-refractivity contribution is 5.78. The Hall–Kier alpha value is -2.97. The van der Waals surface area contributed by atoms with E-state index >= 15 is 0 Å². The molecule has 0 bridgehead atoms. The minimum absolute atomic E-state index is 0.0141. The molecule has 8 nitrogen and oxygen atoms in total. The predicted octanol–water partition coefficient (Wildman–Crippen LogP) is 2.21. The number of hydrogen-bond donors (Lipinski definition) is 0. The first-order chi connectivity index (χ1) is 14.4. The smallest absolute Gasteiger partial charge is 0.320 e. The Balaban J connectivity index is 1.48. The van der Waals surface area contributed by atoms with Crippen LogP contribution in [0, 0.1) is 5.82 Å². The molecule has 2 aliphatic heterocycles. The zero-order valence-corrected chi connectivity index (χ0v) is 17.4. The maximum absolute atomic E-state index is 13.4. The number of rotatable bonds is 3. The van der Waals surface area contributed by atoms with Crippen LogP contribution in [0.15, 0.2) is 24.3 Å². The number of piperidine rings is 1. The SMILES string of the molecule is CN(C)C(=O)N1CCCCC1c1nnc2n1CCN(C(=O)Cc1cccc(F)c1)C2. The zero-order chi connectivity index (χ0) is 21.3. The first-order valence-corrected chi connectivity index (χ1v) is 10.4. The van der Waals surface area contributed by atoms with Crippen molar-refractivity contribution in [2.75, 3.05) is 27.2 Å². The number of fused-ring (bicyclic) bond motifs is 1. The summed E-state index contributed by atoms with van der Waals surface area (Å²) in [4.78, 5) is 30.5. The van der Waals surface area contributed by atoms with Crippen molar-refractivity contribution in [2.24, 2.45) is 0 Å². The molecule has 0 N–H and O–H groups in total. The Kier molecular flexibility index (Phi) is 5.69. The van der Waals surface area contributed by atoms with Crippen molar-refractivity contribution < 1.29 is 14.0 Å². The molecular weight excluding hydrogens is 387 g/mol. The van der Waals surface area contributed by atoms with Gasteiger partial charge in [-0.15, -0.1) is 10.2 Å². The average Bonchev–Trinajstić information content (AvgIpc) is 3.16. The molecule has 1 fully saturated rings. The van der Waals surface area contributed by atoms with Crippen molar-refractivity contribution in [3.05, 3.63) is 47.3 Å². The molecule has 2 aliphatic rings. The van der Waals surface area contributed by atoms with E-state index < -0.39 is 0 Å². The standard InChI is InChI=1S/C21H27FN6O2/c1-25(2)21(30)27-9-4-3-8-17(27)20-24-23-18-14-26(10-11-28(18)20)19(29)13-15-6-5-7-16(22)12-15/h5-7,12,17H,3-4,8-11,13-14H2,1-2H3. The molecule has 0 radical (unpaired) electrons. The molecule has 1 unspecified atom stereocenters. The largest absolute Gasteiger partial charge is 0.333 e. The number of hydrogen-bond acceptors (Lipinski definition) is 4. The normalized spacial score (nSPS) is 18.8. The zero-order valence-electron chi connectivity index (χ0n) is 17.4. The van der Waals surface area contributed by atoms with E-state index in [9.17, 15) is 14.0 Å². The summed E-state index contributed by atoms with van der Waals surface area (Å²) in [6.07, 6.45) is 3.05. The second-order valence-electron chi connectivity index (χ2n) is 8.13. The van der Waals surface area contributed by atoms with Crippen molar-refractivity contribution in [3.8, 4) is 0 Å². The number of likely N-dealkylation sites (tertiary alicyclic amines) is 1. The van der Waals surface area contributed by atoms with Gasteiger partial charge >= 0.3 is 6.03 Å². The molecule has 0 saturated carbocycles. The summed E-state index contributed by atoms with van der Waals surface area (Å²) in [6.45, 7) is 2.21. The Morgan fingerprint density at radius 2 is 2.00 bits per heavy atom. The van der Waals surface area contributed by atoms with E-state index in [0.717, 1.165) is 30.9 Å². The number of carbonyl (C=O) groups is 2. The van der Waals surface area contributed by atoms with E-state index in [-0.39, 0.29) is 30.2 Å². The van der Waals surface area contributed by atoms with E-state index in [1.54, 1.807) is 36.0 Å². The Bertz CT molecular complexity index is 943. The summed E-state index contributed by atoms with van der Waals surface area (Å²) in [6, 6.07) is 6.02. The van der Waals surface area contributed by atoms with E-state index in [1.165, 1.54) is 12.1 Å². The lowest BCUT2D eigenvalue weighted by molar-refractivity contribution is -0.132. The van der Waals surface area contributed by atoms with Crippen LogP contribution in [0.5, 0.6) is 0 Å². The van der Waals surface area contributed by atoms with Gasteiger partial charge in [0.1, 0.15) is 5.82 Å². The highest BCUT2D eigenvalue weighted by atomic mass is 19.1. The lowest BCUT2D eigenvalue weighted by atomic mass is 10.0.